The van der Waals surface area contributed by atoms with E-state index in [1.165, 1.54) is 6.92 Å². The molecule has 23 heavy (non-hydrogen) atoms. The number of carbonyl (C=O) groups is 3. The highest BCUT2D eigenvalue weighted by Crippen LogP contribution is 2.37. The van der Waals surface area contributed by atoms with Crippen LogP contribution in [0.5, 0.6) is 11.5 Å². The fraction of sp³-hybridized carbons (Fsp3) is 0.400. The number of nitrogens with zero attached hydrogens (tertiary/aromatic N) is 1. The van der Waals surface area contributed by atoms with Gasteiger partial charge in [-0.05, 0) is 13.0 Å². The summed E-state index contributed by atoms with van der Waals surface area (Å²) >= 11 is 0. The Balaban J connectivity index is 1.72. The van der Waals surface area contributed by atoms with E-state index in [9.17, 15) is 14.4 Å². The fourth-order valence-electron chi connectivity index (χ4n) is 2.56. The molecule has 1 aromatic carbocycles. The molecule has 1 aromatic rings. The number of benzene rings is 1. The third kappa shape index (κ3) is 3.42. The lowest BCUT2D eigenvalue weighted by Crippen LogP contribution is -2.49. The Bertz CT molecular complexity index is 673. The minimum absolute atomic E-state index is 0.0825. The summed E-state index contributed by atoms with van der Waals surface area (Å²) in [6.07, 6.45) is 0. The molecule has 0 saturated carbocycles. The fourth-order valence-corrected chi connectivity index (χ4v) is 2.56. The van der Waals surface area contributed by atoms with Gasteiger partial charge in [-0.25, -0.2) is 0 Å². The molecule has 2 amide bonds. The Kier molecular flexibility index (Phi) is 4.16. The van der Waals surface area contributed by atoms with Gasteiger partial charge in [-0.2, -0.15) is 0 Å². The van der Waals surface area contributed by atoms with Gasteiger partial charge in [0.1, 0.15) is 0 Å². The first kappa shape index (κ1) is 15.3. The molecule has 1 saturated heterocycles. The lowest BCUT2D eigenvalue weighted by Gasteiger charge is -2.25. The van der Waals surface area contributed by atoms with E-state index in [0.29, 0.717) is 35.8 Å². The highest BCUT2D eigenvalue weighted by Gasteiger charge is 2.22. The van der Waals surface area contributed by atoms with E-state index in [1.807, 2.05) is 0 Å². The van der Waals surface area contributed by atoms with Crippen molar-refractivity contribution in [2.75, 3.05) is 38.3 Å². The first-order chi connectivity index (χ1) is 11.0. The van der Waals surface area contributed by atoms with Crippen LogP contribution in [0, 0.1) is 0 Å². The molecule has 3 rings (SSSR count). The lowest BCUT2D eigenvalue weighted by molar-refractivity contribution is -0.125. The van der Waals surface area contributed by atoms with Crippen LogP contribution in [-0.4, -0.2) is 55.5 Å². The largest absolute Gasteiger partial charge is 0.454 e. The highest BCUT2D eigenvalue weighted by molar-refractivity contribution is 6.05. The zero-order valence-corrected chi connectivity index (χ0v) is 12.7. The number of piperazine rings is 1. The van der Waals surface area contributed by atoms with Gasteiger partial charge in [-0.3, -0.25) is 19.3 Å². The summed E-state index contributed by atoms with van der Waals surface area (Å²) < 4.78 is 10.5. The van der Waals surface area contributed by atoms with E-state index in [-0.39, 0.29) is 37.5 Å². The molecule has 0 bridgehead atoms. The molecule has 2 aliphatic rings. The molecule has 8 nitrogen and oxygen atoms in total. The first-order valence-electron chi connectivity index (χ1n) is 7.26. The maximum absolute atomic E-state index is 12.2. The van der Waals surface area contributed by atoms with Crippen LogP contribution < -0.4 is 20.1 Å². The topological polar surface area (TPSA) is 97.0 Å². The molecule has 0 spiro atoms. The van der Waals surface area contributed by atoms with Gasteiger partial charge in [0.15, 0.2) is 17.3 Å². The van der Waals surface area contributed by atoms with E-state index >= 15 is 0 Å². The van der Waals surface area contributed by atoms with E-state index in [1.54, 1.807) is 17.0 Å². The number of carbonyl (C=O) groups excluding carboxylic acids is 3. The van der Waals surface area contributed by atoms with Crippen molar-refractivity contribution < 1.29 is 23.9 Å². The van der Waals surface area contributed by atoms with Gasteiger partial charge in [0, 0.05) is 24.7 Å². The number of rotatable bonds is 4. The highest BCUT2D eigenvalue weighted by atomic mass is 16.7. The smallest absolute Gasteiger partial charge is 0.238 e. The van der Waals surface area contributed by atoms with Crippen LogP contribution in [0.2, 0.25) is 0 Å². The van der Waals surface area contributed by atoms with Crippen LogP contribution in [0.25, 0.3) is 0 Å². The van der Waals surface area contributed by atoms with Crippen molar-refractivity contribution in [3.63, 3.8) is 0 Å². The molecular weight excluding hydrogens is 302 g/mol. The summed E-state index contributed by atoms with van der Waals surface area (Å²) in [6.45, 7) is 2.91. The van der Waals surface area contributed by atoms with Crippen molar-refractivity contribution in [2.24, 2.45) is 0 Å². The van der Waals surface area contributed by atoms with E-state index < -0.39 is 0 Å². The summed E-state index contributed by atoms with van der Waals surface area (Å²) in [6, 6.07) is 3.15. The molecular formula is C15H17N3O5. The molecule has 0 atom stereocenters. The molecule has 0 aromatic heterocycles. The summed E-state index contributed by atoms with van der Waals surface area (Å²) in [5.74, 6) is 0.400. The number of ether oxygens (including phenoxy) is 2. The van der Waals surface area contributed by atoms with Gasteiger partial charge in [0.25, 0.3) is 0 Å². The summed E-state index contributed by atoms with van der Waals surface area (Å²) in [4.78, 5) is 37.0. The normalized spacial score (nSPS) is 16.8. The Morgan fingerprint density at radius 3 is 2.74 bits per heavy atom. The molecule has 0 radical (unpaired) electrons. The van der Waals surface area contributed by atoms with E-state index in [0.717, 1.165) is 0 Å². The van der Waals surface area contributed by atoms with Crippen LogP contribution in [0.1, 0.15) is 17.3 Å². The third-order valence-electron chi connectivity index (χ3n) is 3.65. The molecule has 1 fully saturated rings. The molecule has 0 aliphatic carbocycles. The average Bonchev–Trinajstić information content (AvgIpc) is 2.93. The molecule has 2 N–H and O–H groups in total. The molecule has 2 heterocycles. The Morgan fingerprint density at radius 1 is 1.30 bits per heavy atom. The number of anilines is 1. The minimum Gasteiger partial charge on any atom is -0.454 e. The van der Waals surface area contributed by atoms with Crippen molar-refractivity contribution in [3.05, 3.63) is 17.7 Å². The van der Waals surface area contributed by atoms with Crippen LogP contribution in [-0.2, 0) is 9.59 Å². The van der Waals surface area contributed by atoms with Gasteiger partial charge in [0.2, 0.25) is 18.6 Å². The summed E-state index contributed by atoms with van der Waals surface area (Å²) in [5.41, 5.74) is 0.743. The minimum atomic E-state index is -0.291. The Labute approximate surface area is 132 Å². The number of hydrogen-bond donors (Lipinski definition) is 2. The van der Waals surface area contributed by atoms with Gasteiger partial charge in [0.05, 0.1) is 18.8 Å². The maximum Gasteiger partial charge on any atom is 0.238 e. The summed E-state index contributed by atoms with van der Waals surface area (Å²) in [5, 5.41) is 5.41. The predicted octanol–water partition coefficient (Wildman–Crippen LogP) is -0.0118. The molecule has 8 heteroatoms. The molecule has 2 aliphatic heterocycles. The van der Waals surface area contributed by atoms with E-state index in [2.05, 4.69) is 10.6 Å². The van der Waals surface area contributed by atoms with Crippen LogP contribution in [0.3, 0.4) is 0 Å². The molecule has 122 valence electrons. The second-order valence-corrected chi connectivity index (χ2v) is 5.42. The monoisotopic (exact) mass is 319 g/mol. The second-order valence-electron chi connectivity index (χ2n) is 5.42. The summed E-state index contributed by atoms with van der Waals surface area (Å²) in [7, 11) is 0. The number of fused-ring (bicyclic) bond motifs is 1. The quantitative estimate of drug-likeness (QED) is 0.758. The Hall–Kier alpha value is -2.61. The lowest BCUT2D eigenvalue weighted by atomic mass is 10.1. The van der Waals surface area contributed by atoms with Crippen LogP contribution in [0.15, 0.2) is 12.1 Å². The van der Waals surface area contributed by atoms with Gasteiger partial charge < -0.3 is 20.1 Å². The number of nitrogens with one attached hydrogen (secondary N) is 2. The number of Topliss-reactive ketones (excluding diaryl/α,β-unsaturated/α-hetero) is 1. The SMILES string of the molecule is CC(=O)c1cc2c(cc1NC(=O)CN1CCNC(=O)C1)OCO2. The van der Waals surface area contributed by atoms with Crippen molar-refractivity contribution in [2.45, 2.75) is 6.92 Å². The first-order valence-corrected chi connectivity index (χ1v) is 7.26. The predicted molar refractivity (Wildman–Crippen MR) is 80.6 cm³/mol. The zero-order valence-electron chi connectivity index (χ0n) is 12.7. The van der Waals surface area contributed by atoms with Crippen molar-refractivity contribution in [1.82, 2.24) is 10.2 Å². The second kappa shape index (κ2) is 6.25. The number of ketones is 1. The maximum atomic E-state index is 12.2. The third-order valence-corrected chi connectivity index (χ3v) is 3.65. The average molecular weight is 319 g/mol. The Morgan fingerprint density at radius 2 is 2.04 bits per heavy atom. The van der Waals surface area contributed by atoms with Crippen LogP contribution >= 0.6 is 0 Å². The van der Waals surface area contributed by atoms with Gasteiger partial charge in [-0.1, -0.05) is 0 Å². The zero-order chi connectivity index (χ0) is 16.4. The van der Waals surface area contributed by atoms with E-state index in [4.69, 9.17) is 9.47 Å². The van der Waals surface area contributed by atoms with Crippen LogP contribution in [0.4, 0.5) is 5.69 Å². The number of amides is 2. The van der Waals surface area contributed by atoms with Crippen molar-refractivity contribution in [1.29, 1.82) is 0 Å². The van der Waals surface area contributed by atoms with Crippen molar-refractivity contribution >= 4 is 23.3 Å². The standard InChI is InChI=1S/C15H17N3O5/c1-9(19)10-4-12-13(23-8-22-12)5-11(10)17-15(21)7-18-3-2-16-14(20)6-18/h4-5H,2-3,6-8H2,1H3,(H,16,20)(H,17,21). The van der Waals surface area contributed by atoms with Gasteiger partial charge in [-0.15, -0.1) is 0 Å². The van der Waals surface area contributed by atoms with Gasteiger partial charge >= 0.3 is 0 Å². The van der Waals surface area contributed by atoms with Crippen molar-refractivity contribution in [3.8, 4) is 11.5 Å². The molecule has 0 unspecified atom stereocenters. The number of hydrogen-bond acceptors (Lipinski definition) is 6.